The molecule has 0 unspecified atom stereocenters. The number of carbonyl (C=O) groups excluding carboxylic acids is 1. The number of aromatic nitrogens is 3. The van der Waals surface area contributed by atoms with Gasteiger partial charge in [0.25, 0.3) is 0 Å². The minimum atomic E-state index is -0.0956. The first-order chi connectivity index (χ1) is 13.1. The summed E-state index contributed by atoms with van der Waals surface area (Å²) in [6.07, 6.45) is 1.77. The van der Waals surface area contributed by atoms with E-state index in [1.807, 2.05) is 60.0 Å². The average Bonchev–Trinajstić information content (AvgIpc) is 3.05. The first kappa shape index (κ1) is 19.2. The maximum absolute atomic E-state index is 12.3. The lowest BCUT2D eigenvalue weighted by atomic mass is 10.2. The van der Waals surface area contributed by atoms with Crippen molar-refractivity contribution in [3.63, 3.8) is 0 Å². The predicted octanol–water partition coefficient (Wildman–Crippen LogP) is 4.82. The van der Waals surface area contributed by atoms with Crippen molar-refractivity contribution in [2.75, 3.05) is 11.1 Å². The van der Waals surface area contributed by atoms with Gasteiger partial charge in [-0.2, -0.15) is 0 Å². The van der Waals surface area contributed by atoms with Gasteiger partial charge in [-0.3, -0.25) is 9.36 Å². The number of allylic oxidation sites excluding steroid dienone is 1. The summed E-state index contributed by atoms with van der Waals surface area (Å²) in [5.74, 6) is 0.788. The fourth-order valence-electron chi connectivity index (χ4n) is 2.56. The average molecular weight is 399 g/mol. The molecule has 0 saturated carbocycles. The van der Waals surface area contributed by atoms with Crippen LogP contribution in [-0.4, -0.2) is 26.4 Å². The molecule has 0 radical (unpaired) electrons. The first-order valence-corrected chi connectivity index (χ1v) is 9.73. The van der Waals surface area contributed by atoms with E-state index in [0.29, 0.717) is 22.5 Å². The third kappa shape index (κ3) is 4.59. The number of rotatable bonds is 7. The Hall–Kier alpha value is -2.57. The summed E-state index contributed by atoms with van der Waals surface area (Å²) in [6.45, 7) is 6.28. The summed E-state index contributed by atoms with van der Waals surface area (Å²) in [6, 6.07) is 15.1. The quantitative estimate of drug-likeness (QED) is 0.457. The number of thioether (sulfide) groups is 1. The fraction of sp³-hybridized carbons (Fsp3) is 0.150. The summed E-state index contributed by atoms with van der Waals surface area (Å²) < 4.78 is 1.90. The Morgan fingerprint density at radius 2 is 1.96 bits per heavy atom. The third-order valence-electron chi connectivity index (χ3n) is 3.89. The Morgan fingerprint density at radius 3 is 2.70 bits per heavy atom. The molecule has 0 fully saturated rings. The molecule has 0 spiro atoms. The molecule has 5 nitrogen and oxygen atoms in total. The Balaban J connectivity index is 1.75. The van der Waals surface area contributed by atoms with Crippen LogP contribution in [-0.2, 0) is 11.3 Å². The van der Waals surface area contributed by atoms with Crippen molar-refractivity contribution in [3.05, 3.63) is 71.8 Å². The molecule has 1 N–H and O–H groups in total. The van der Waals surface area contributed by atoms with Crippen molar-refractivity contribution >= 4 is 35.0 Å². The highest BCUT2D eigenvalue weighted by atomic mass is 35.5. The SMILES string of the molecule is C=CCn1c(SCC(=O)Nc2ccccc2C)nnc1-c1ccccc1Cl. The minimum absolute atomic E-state index is 0.0956. The van der Waals surface area contributed by atoms with E-state index in [2.05, 4.69) is 22.1 Å². The molecule has 27 heavy (non-hydrogen) atoms. The van der Waals surface area contributed by atoms with Gasteiger partial charge in [-0.1, -0.05) is 59.8 Å². The van der Waals surface area contributed by atoms with Gasteiger partial charge >= 0.3 is 0 Å². The molecular formula is C20H19ClN4OS. The van der Waals surface area contributed by atoms with Crippen LogP contribution in [0.3, 0.4) is 0 Å². The minimum Gasteiger partial charge on any atom is -0.325 e. The van der Waals surface area contributed by atoms with E-state index in [1.165, 1.54) is 11.8 Å². The molecule has 0 bridgehead atoms. The van der Waals surface area contributed by atoms with Crippen molar-refractivity contribution in [1.82, 2.24) is 14.8 Å². The molecule has 138 valence electrons. The van der Waals surface area contributed by atoms with E-state index >= 15 is 0 Å². The summed E-state index contributed by atoms with van der Waals surface area (Å²) in [4.78, 5) is 12.3. The van der Waals surface area contributed by atoms with Crippen molar-refractivity contribution < 1.29 is 4.79 Å². The Morgan fingerprint density at radius 1 is 1.22 bits per heavy atom. The van der Waals surface area contributed by atoms with Crippen molar-refractivity contribution in [2.24, 2.45) is 0 Å². The maximum atomic E-state index is 12.3. The van der Waals surface area contributed by atoms with Gasteiger partial charge in [0.2, 0.25) is 5.91 Å². The molecule has 0 saturated heterocycles. The number of para-hydroxylation sites is 1. The molecule has 1 aromatic heterocycles. The zero-order valence-corrected chi connectivity index (χ0v) is 16.4. The zero-order chi connectivity index (χ0) is 19.2. The van der Waals surface area contributed by atoms with Crippen LogP contribution in [0, 0.1) is 6.92 Å². The number of halogens is 1. The van der Waals surface area contributed by atoms with E-state index in [4.69, 9.17) is 11.6 Å². The van der Waals surface area contributed by atoms with Crippen molar-refractivity contribution in [1.29, 1.82) is 0 Å². The summed E-state index contributed by atoms with van der Waals surface area (Å²) in [5.41, 5.74) is 2.63. The van der Waals surface area contributed by atoms with E-state index in [9.17, 15) is 4.79 Å². The molecule has 1 heterocycles. The van der Waals surface area contributed by atoms with Gasteiger partial charge in [0, 0.05) is 17.8 Å². The second kappa shape index (κ2) is 8.88. The molecule has 3 aromatic rings. The number of aryl methyl sites for hydroxylation is 1. The summed E-state index contributed by atoms with van der Waals surface area (Å²) >= 11 is 7.62. The van der Waals surface area contributed by atoms with Gasteiger partial charge in [0.05, 0.1) is 10.8 Å². The van der Waals surface area contributed by atoms with Gasteiger partial charge in [-0.25, -0.2) is 0 Å². The molecule has 7 heteroatoms. The number of benzene rings is 2. The second-order valence-corrected chi connectivity index (χ2v) is 7.19. The van der Waals surface area contributed by atoms with Crippen LogP contribution >= 0.6 is 23.4 Å². The zero-order valence-electron chi connectivity index (χ0n) is 14.9. The van der Waals surface area contributed by atoms with Crippen molar-refractivity contribution in [2.45, 2.75) is 18.6 Å². The van der Waals surface area contributed by atoms with Gasteiger partial charge in [0.1, 0.15) is 0 Å². The molecule has 2 aromatic carbocycles. The van der Waals surface area contributed by atoms with Crippen LogP contribution in [0.4, 0.5) is 5.69 Å². The lowest BCUT2D eigenvalue weighted by molar-refractivity contribution is -0.113. The molecule has 0 aliphatic rings. The highest BCUT2D eigenvalue weighted by molar-refractivity contribution is 7.99. The molecule has 0 aliphatic carbocycles. The summed E-state index contributed by atoms with van der Waals surface area (Å²) in [7, 11) is 0. The highest BCUT2D eigenvalue weighted by Crippen LogP contribution is 2.29. The van der Waals surface area contributed by atoms with Gasteiger partial charge in [-0.05, 0) is 30.7 Å². The van der Waals surface area contributed by atoms with Crippen molar-refractivity contribution in [3.8, 4) is 11.4 Å². The largest absolute Gasteiger partial charge is 0.325 e. The van der Waals surface area contributed by atoms with E-state index in [1.54, 1.807) is 6.08 Å². The normalized spacial score (nSPS) is 10.6. The monoisotopic (exact) mass is 398 g/mol. The number of carbonyl (C=O) groups is 1. The van der Waals surface area contributed by atoms with Crippen LogP contribution in [0.25, 0.3) is 11.4 Å². The van der Waals surface area contributed by atoms with Gasteiger partial charge in [-0.15, -0.1) is 16.8 Å². The van der Waals surface area contributed by atoms with Crippen LogP contribution in [0.1, 0.15) is 5.56 Å². The summed E-state index contributed by atoms with van der Waals surface area (Å²) in [5, 5.41) is 12.7. The molecule has 3 rings (SSSR count). The predicted molar refractivity (Wildman–Crippen MR) is 111 cm³/mol. The maximum Gasteiger partial charge on any atom is 0.234 e. The molecule has 0 aliphatic heterocycles. The Labute approximate surface area is 167 Å². The third-order valence-corrected chi connectivity index (χ3v) is 5.19. The van der Waals surface area contributed by atoms with Crippen LogP contribution in [0.15, 0.2) is 66.3 Å². The van der Waals surface area contributed by atoms with E-state index in [-0.39, 0.29) is 11.7 Å². The second-order valence-electron chi connectivity index (χ2n) is 5.84. The first-order valence-electron chi connectivity index (χ1n) is 8.37. The molecular weight excluding hydrogens is 380 g/mol. The van der Waals surface area contributed by atoms with Gasteiger partial charge < -0.3 is 5.32 Å². The van der Waals surface area contributed by atoms with E-state index in [0.717, 1.165) is 16.8 Å². The Bertz CT molecular complexity index is 970. The topological polar surface area (TPSA) is 59.8 Å². The number of hydrogen-bond acceptors (Lipinski definition) is 4. The standard InChI is InChI=1S/C20H19ClN4OS/c1-3-12-25-19(15-9-5-6-10-16(15)21)23-24-20(25)27-13-18(26)22-17-11-7-4-8-14(17)2/h3-11H,1,12-13H2,2H3,(H,22,26). The fourth-order valence-corrected chi connectivity index (χ4v) is 3.53. The smallest absolute Gasteiger partial charge is 0.234 e. The lowest BCUT2D eigenvalue weighted by Crippen LogP contribution is -2.15. The van der Waals surface area contributed by atoms with Crippen LogP contribution in [0.2, 0.25) is 5.02 Å². The number of nitrogens with one attached hydrogen (secondary N) is 1. The Kier molecular flexibility index (Phi) is 6.32. The van der Waals surface area contributed by atoms with Crippen LogP contribution < -0.4 is 5.32 Å². The van der Waals surface area contributed by atoms with Gasteiger partial charge in [0.15, 0.2) is 11.0 Å². The molecule has 0 atom stereocenters. The number of anilines is 1. The number of amides is 1. The van der Waals surface area contributed by atoms with E-state index < -0.39 is 0 Å². The highest BCUT2D eigenvalue weighted by Gasteiger charge is 2.16. The lowest BCUT2D eigenvalue weighted by Gasteiger charge is -2.10. The molecule has 1 amide bonds. The number of hydrogen-bond donors (Lipinski definition) is 1. The number of nitrogens with zero attached hydrogens (tertiary/aromatic N) is 3. The van der Waals surface area contributed by atoms with Crippen LogP contribution in [0.5, 0.6) is 0 Å².